The van der Waals surface area contributed by atoms with E-state index >= 15 is 0 Å². The molecule has 3 aromatic rings. The minimum atomic E-state index is 0.482. The standard InChI is InChI=1S/C15H14ClN3/c1-9-5-6-10(7-12(9)16)15-18-13-4-2-3-11(8-17)14(13)19-15/h2-7H,8,17H2,1H3,(H,18,19). The number of para-hydroxylation sites is 1. The highest BCUT2D eigenvalue weighted by molar-refractivity contribution is 6.31. The van der Waals surface area contributed by atoms with E-state index in [1.165, 1.54) is 0 Å². The zero-order valence-electron chi connectivity index (χ0n) is 10.6. The molecule has 0 radical (unpaired) electrons. The number of rotatable bonds is 2. The minimum absolute atomic E-state index is 0.482. The second-order valence-electron chi connectivity index (χ2n) is 4.57. The maximum absolute atomic E-state index is 6.16. The van der Waals surface area contributed by atoms with Crippen LogP contribution in [0.15, 0.2) is 36.4 Å². The zero-order chi connectivity index (χ0) is 13.4. The molecule has 4 heteroatoms. The Morgan fingerprint density at radius 2 is 2.11 bits per heavy atom. The summed E-state index contributed by atoms with van der Waals surface area (Å²) in [4.78, 5) is 7.94. The first-order valence-corrected chi connectivity index (χ1v) is 6.51. The number of nitrogens with two attached hydrogens (primary N) is 1. The maximum Gasteiger partial charge on any atom is 0.138 e. The van der Waals surface area contributed by atoms with E-state index in [1.54, 1.807) is 0 Å². The number of benzene rings is 2. The van der Waals surface area contributed by atoms with E-state index in [1.807, 2.05) is 43.3 Å². The number of nitrogens with one attached hydrogen (secondary N) is 1. The van der Waals surface area contributed by atoms with Gasteiger partial charge in [-0.05, 0) is 30.2 Å². The highest BCUT2D eigenvalue weighted by atomic mass is 35.5. The van der Waals surface area contributed by atoms with Crippen molar-refractivity contribution >= 4 is 22.6 Å². The third kappa shape index (κ3) is 2.11. The van der Waals surface area contributed by atoms with Gasteiger partial charge in [-0.3, -0.25) is 0 Å². The van der Waals surface area contributed by atoms with E-state index in [0.29, 0.717) is 6.54 Å². The van der Waals surface area contributed by atoms with Crippen molar-refractivity contribution in [2.45, 2.75) is 13.5 Å². The first-order valence-electron chi connectivity index (χ1n) is 6.13. The Balaban J connectivity index is 2.17. The summed E-state index contributed by atoms with van der Waals surface area (Å²) in [7, 11) is 0. The smallest absolute Gasteiger partial charge is 0.138 e. The van der Waals surface area contributed by atoms with E-state index in [9.17, 15) is 0 Å². The molecule has 19 heavy (non-hydrogen) atoms. The molecular formula is C15H14ClN3. The van der Waals surface area contributed by atoms with Gasteiger partial charge in [0.1, 0.15) is 5.82 Å². The van der Waals surface area contributed by atoms with Gasteiger partial charge in [0.05, 0.1) is 11.0 Å². The predicted molar refractivity (Wildman–Crippen MR) is 79.2 cm³/mol. The second kappa shape index (κ2) is 4.68. The van der Waals surface area contributed by atoms with Crippen molar-refractivity contribution in [1.29, 1.82) is 0 Å². The molecule has 0 aliphatic heterocycles. The molecule has 0 aliphatic carbocycles. The van der Waals surface area contributed by atoms with Crippen LogP contribution in [0, 0.1) is 6.92 Å². The molecule has 0 atom stereocenters. The summed E-state index contributed by atoms with van der Waals surface area (Å²) in [6, 6.07) is 11.9. The molecule has 1 aromatic heterocycles. The van der Waals surface area contributed by atoms with Crippen LogP contribution in [-0.2, 0) is 6.54 Å². The van der Waals surface area contributed by atoms with Crippen LogP contribution in [0.5, 0.6) is 0 Å². The number of hydrogen-bond acceptors (Lipinski definition) is 2. The van der Waals surface area contributed by atoms with Gasteiger partial charge in [0.15, 0.2) is 0 Å². The Labute approximate surface area is 116 Å². The number of imidazole rings is 1. The fraction of sp³-hybridized carbons (Fsp3) is 0.133. The van der Waals surface area contributed by atoms with Crippen LogP contribution >= 0.6 is 11.6 Å². The third-order valence-electron chi connectivity index (χ3n) is 3.26. The topological polar surface area (TPSA) is 54.7 Å². The highest BCUT2D eigenvalue weighted by Gasteiger charge is 2.09. The van der Waals surface area contributed by atoms with Gasteiger partial charge in [-0.1, -0.05) is 35.9 Å². The Morgan fingerprint density at radius 1 is 1.26 bits per heavy atom. The van der Waals surface area contributed by atoms with Gasteiger partial charge in [-0.25, -0.2) is 4.98 Å². The molecule has 0 spiro atoms. The average molecular weight is 272 g/mol. The quantitative estimate of drug-likeness (QED) is 0.747. The molecule has 3 rings (SSSR count). The number of aryl methyl sites for hydroxylation is 1. The molecule has 0 saturated heterocycles. The number of fused-ring (bicyclic) bond motifs is 1. The summed E-state index contributed by atoms with van der Waals surface area (Å²) in [6.45, 7) is 2.47. The van der Waals surface area contributed by atoms with Crippen molar-refractivity contribution in [3.8, 4) is 11.4 Å². The molecule has 0 fully saturated rings. The lowest BCUT2D eigenvalue weighted by atomic mass is 10.1. The molecule has 0 amide bonds. The van der Waals surface area contributed by atoms with Crippen molar-refractivity contribution in [3.05, 3.63) is 52.5 Å². The fourth-order valence-electron chi connectivity index (χ4n) is 2.13. The molecule has 0 aliphatic rings. The largest absolute Gasteiger partial charge is 0.338 e. The van der Waals surface area contributed by atoms with Crippen molar-refractivity contribution in [1.82, 2.24) is 9.97 Å². The van der Waals surface area contributed by atoms with Crippen molar-refractivity contribution < 1.29 is 0 Å². The van der Waals surface area contributed by atoms with E-state index in [0.717, 1.165) is 38.6 Å². The van der Waals surface area contributed by atoms with Gasteiger partial charge in [-0.15, -0.1) is 0 Å². The van der Waals surface area contributed by atoms with Crippen molar-refractivity contribution in [2.24, 2.45) is 5.73 Å². The summed E-state index contributed by atoms with van der Waals surface area (Å²) in [5.74, 6) is 0.817. The summed E-state index contributed by atoms with van der Waals surface area (Å²) >= 11 is 6.16. The predicted octanol–water partition coefficient (Wildman–Crippen LogP) is 3.65. The van der Waals surface area contributed by atoms with Crippen molar-refractivity contribution in [2.75, 3.05) is 0 Å². The fourth-order valence-corrected chi connectivity index (χ4v) is 2.31. The Kier molecular flexibility index (Phi) is 3.01. The summed E-state index contributed by atoms with van der Waals surface area (Å²) in [6.07, 6.45) is 0. The number of nitrogens with zero attached hydrogens (tertiary/aromatic N) is 1. The number of H-pyrrole nitrogens is 1. The van der Waals surface area contributed by atoms with E-state index in [2.05, 4.69) is 9.97 Å². The zero-order valence-corrected chi connectivity index (χ0v) is 11.3. The van der Waals surface area contributed by atoms with E-state index < -0.39 is 0 Å². The Morgan fingerprint density at radius 3 is 2.84 bits per heavy atom. The summed E-state index contributed by atoms with van der Waals surface area (Å²) in [5.41, 5.74) is 10.7. The minimum Gasteiger partial charge on any atom is -0.338 e. The molecule has 0 saturated carbocycles. The van der Waals surface area contributed by atoms with Crippen LogP contribution in [-0.4, -0.2) is 9.97 Å². The van der Waals surface area contributed by atoms with Gasteiger partial charge in [0.2, 0.25) is 0 Å². The second-order valence-corrected chi connectivity index (χ2v) is 4.97. The summed E-state index contributed by atoms with van der Waals surface area (Å²) < 4.78 is 0. The maximum atomic E-state index is 6.16. The third-order valence-corrected chi connectivity index (χ3v) is 3.67. The van der Waals surface area contributed by atoms with Crippen LogP contribution < -0.4 is 5.73 Å². The van der Waals surface area contributed by atoms with Gasteiger partial charge in [0.25, 0.3) is 0 Å². The number of aromatic amines is 1. The normalized spacial score (nSPS) is 11.1. The lowest BCUT2D eigenvalue weighted by molar-refractivity contribution is 1.08. The van der Waals surface area contributed by atoms with Crippen molar-refractivity contribution in [3.63, 3.8) is 0 Å². The van der Waals surface area contributed by atoms with Crippen LogP contribution in [0.25, 0.3) is 22.4 Å². The van der Waals surface area contributed by atoms with Gasteiger partial charge in [0, 0.05) is 17.1 Å². The van der Waals surface area contributed by atoms with E-state index in [-0.39, 0.29) is 0 Å². The van der Waals surface area contributed by atoms with Crippen LogP contribution in [0.2, 0.25) is 5.02 Å². The van der Waals surface area contributed by atoms with Gasteiger partial charge in [-0.2, -0.15) is 0 Å². The first-order chi connectivity index (χ1) is 9.19. The molecule has 3 nitrogen and oxygen atoms in total. The van der Waals surface area contributed by atoms with E-state index in [4.69, 9.17) is 17.3 Å². The lowest BCUT2D eigenvalue weighted by Crippen LogP contribution is -1.96. The SMILES string of the molecule is Cc1ccc(-c2nc3c(CN)cccc3[nH]2)cc1Cl. The summed E-state index contributed by atoms with van der Waals surface area (Å²) in [5, 5.41) is 0.747. The molecule has 3 N–H and O–H groups in total. The Bertz CT molecular complexity index is 746. The van der Waals surface area contributed by atoms with Gasteiger partial charge < -0.3 is 10.7 Å². The monoisotopic (exact) mass is 271 g/mol. The van der Waals surface area contributed by atoms with Crippen LogP contribution in [0.4, 0.5) is 0 Å². The van der Waals surface area contributed by atoms with Crippen LogP contribution in [0.1, 0.15) is 11.1 Å². The number of aromatic nitrogens is 2. The highest BCUT2D eigenvalue weighted by Crippen LogP contribution is 2.26. The van der Waals surface area contributed by atoms with Crippen LogP contribution in [0.3, 0.4) is 0 Å². The number of halogens is 1. The molecule has 0 unspecified atom stereocenters. The van der Waals surface area contributed by atoms with Gasteiger partial charge >= 0.3 is 0 Å². The number of hydrogen-bond donors (Lipinski definition) is 2. The lowest BCUT2D eigenvalue weighted by Gasteiger charge is -2.00. The average Bonchev–Trinajstić information content (AvgIpc) is 2.85. The molecule has 1 heterocycles. The molecular weight excluding hydrogens is 258 g/mol. The Hall–Kier alpha value is -1.84. The molecule has 96 valence electrons. The first kappa shape index (κ1) is 12.2. The molecule has 0 bridgehead atoms. The molecule has 2 aromatic carbocycles.